The van der Waals surface area contributed by atoms with Crippen LogP contribution < -0.4 is 5.32 Å². The van der Waals surface area contributed by atoms with Crippen molar-refractivity contribution in [2.45, 2.75) is 5.92 Å². The van der Waals surface area contributed by atoms with Crippen LogP contribution in [0, 0.1) is 11.6 Å². The van der Waals surface area contributed by atoms with Gasteiger partial charge in [0.2, 0.25) is 0 Å². The predicted molar refractivity (Wildman–Crippen MR) is 103 cm³/mol. The van der Waals surface area contributed by atoms with Gasteiger partial charge in [-0.25, -0.2) is 8.78 Å². The molecule has 0 aliphatic rings. The van der Waals surface area contributed by atoms with Gasteiger partial charge in [-0.3, -0.25) is 4.79 Å². The summed E-state index contributed by atoms with van der Waals surface area (Å²) in [5.41, 5.74) is 1.48. The van der Waals surface area contributed by atoms with Gasteiger partial charge in [-0.05, 0) is 35.2 Å². The van der Waals surface area contributed by atoms with E-state index in [4.69, 9.17) is 0 Å². The van der Waals surface area contributed by atoms with Crippen LogP contribution in [-0.4, -0.2) is 17.4 Å². The molecule has 2 aromatic carbocycles. The molecule has 136 valence electrons. The second-order valence-electron chi connectivity index (χ2n) is 6.16. The van der Waals surface area contributed by atoms with E-state index in [1.54, 1.807) is 11.3 Å². The van der Waals surface area contributed by atoms with Crippen LogP contribution in [0.3, 0.4) is 0 Å². The molecular formula is C21H16F2N2OS. The van der Waals surface area contributed by atoms with E-state index < -0.39 is 23.1 Å². The summed E-state index contributed by atoms with van der Waals surface area (Å²) in [6.07, 6.45) is 1.92. The number of para-hydroxylation sites is 1. The smallest absolute Gasteiger partial charge is 0.257 e. The molecule has 1 amide bonds. The number of thiophene rings is 1. The van der Waals surface area contributed by atoms with E-state index in [1.165, 1.54) is 6.07 Å². The molecule has 4 aromatic rings. The average molecular weight is 382 g/mol. The number of hydrogen-bond donors (Lipinski definition) is 2. The molecule has 0 fully saturated rings. The molecule has 3 nitrogen and oxygen atoms in total. The summed E-state index contributed by atoms with van der Waals surface area (Å²) in [4.78, 5) is 16.7. The first-order valence-electron chi connectivity index (χ1n) is 8.47. The minimum absolute atomic E-state index is 0.125. The van der Waals surface area contributed by atoms with Crippen LogP contribution in [0.1, 0.15) is 26.7 Å². The first-order valence-corrected chi connectivity index (χ1v) is 9.34. The molecule has 2 heterocycles. The number of hydrogen-bond acceptors (Lipinski definition) is 2. The van der Waals surface area contributed by atoms with E-state index in [0.29, 0.717) is 0 Å². The summed E-state index contributed by atoms with van der Waals surface area (Å²) in [5, 5.41) is 5.72. The Hall–Kier alpha value is -2.99. The number of halogens is 2. The minimum atomic E-state index is -0.868. The highest BCUT2D eigenvalue weighted by atomic mass is 32.1. The van der Waals surface area contributed by atoms with Crippen LogP contribution in [0.25, 0.3) is 10.9 Å². The van der Waals surface area contributed by atoms with Crippen molar-refractivity contribution in [3.8, 4) is 0 Å². The molecule has 4 rings (SSSR count). The third-order valence-electron chi connectivity index (χ3n) is 4.54. The summed E-state index contributed by atoms with van der Waals surface area (Å²) >= 11 is 1.58. The number of H-pyrrole nitrogens is 1. The zero-order chi connectivity index (χ0) is 18.8. The second-order valence-corrected chi connectivity index (χ2v) is 7.14. The number of carbonyl (C=O) groups is 1. The number of aromatic amines is 1. The van der Waals surface area contributed by atoms with Crippen molar-refractivity contribution >= 4 is 28.1 Å². The van der Waals surface area contributed by atoms with Crippen LogP contribution >= 0.6 is 11.3 Å². The van der Waals surface area contributed by atoms with E-state index in [-0.39, 0.29) is 12.5 Å². The van der Waals surface area contributed by atoms with E-state index in [2.05, 4.69) is 10.3 Å². The number of amides is 1. The van der Waals surface area contributed by atoms with Crippen molar-refractivity contribution in [2.75, 3.05) is 6.54 Å². The Balaban J connectivity index is 1.64. The highest BCUT2D eigenvalue weighted by Crippen LogP contribution is 2.32. The SMILES string of the molecule is O=C(NC[C@@H](c1cccs1)c1c[nH]c2ccccc12)c1c(F)cccc1F. The largest absolute Gasteiger partial charge is 0.361 e. The van der Waals surface area contributed by atoms with Gasteiger partial charge < -0.3 is 10.3 Å². The fourth-order valence-corrected chi connectivity index (χ4v) is 4.08. The third-order valence-corrected chi connectivity index (χ3v) is 5.53. The molecule has 0 aliphatic carbocycles. The molecule has 6 heteroatoms. The lowest BCUT2D eigenvalue weighted by atomic mass is 9.96. The molecule has 1 atom stereocenters. The van der Waals surface area contributed by atoms with Gasteiger partial charge in [-0.15, -0.1) is 11.3 Å². The van der Waals surface area contributed by atoms with Crippen LogP contribution in [-0.2, 0) is 0 Å². The van der Waals surface area contributed by atoms with Crippen molar-refractivity contribution < 1.29 is 13.6 Å². The highest BCUT2D eigenvalue weighted by Gasteiger charge is 2.22. The maximum Gasteiger partial charge on any atom is 0.257 e. The van der Waals surface area contributed by atoms with Gasteiger partial charge in [-0.2, -0.15) is 0 Å². The molecule has 2 aromatic heterocycles. The Morgan fingerprint density at radius 3 is 2.56 bits per heavy atom. The lowest BCUT2D eigenvalue weighted by Gasteiger charge is -2.16. The third kappa shape index (κ3) is 3.36. The van der Waals surface area contributed by atoms with Gasteiger partial charge in [0, 0.05) is 34.4 Å². The quantitative estimate of drug-likeness (QED) is 0.497. The van der Waals surface area contributed by atoms with Crippen molar-refractivity contribution in [1.29, 1.82) is 0 Å². The van der Waals surface area contributed by atoms with E-state index in [0.717, 1.165) is 33.5 Å². The Morgan fingerprint density at radius 2 is 1.81 bits per heavy atom. The standard InChI is InChI=1S/C21H16F2N2OS/c22-16-6-3-7-17(23)20(16)21(26)25-12-15(19-9-4-10-27-19)14-11-24-18-8-2-1-5-13(14)18/h1-11,15,24H,12H2,(H,25,26)/t15-/m1/s1. The second kappa shape index (κ2) is 7.32. The van der Waals surface area contributed by atoms with Gasteiger partial charge >= 0.3 is 0 Å². The molecule has 27 heavy (non-hydrogen) atoms. The monoisotopic (exact) mass is 382 g/mol. The van der Waals surface area contributed by atoms with Gasteiger partial charge in [0.25, 0.3) is 5.91 Å². The van der Waals surface area contributed by atoms with Crippen LogP contribution in [0.15, 0.2) is 66.2 Å². The first kappa shape index (κ1) is 17.4. The van der Waals surface area contributed by atoms with Crippen molar-refractivity contribution in [3.63, 3.8) is 0 Å². The molecule has 0 spiro atoms. The summed E-state index contributed by atoms with van der Waals surface area (Å²) in [6.45, 7) is 0.231. The highest BCUT2D eigenvalue weighted by molar-refractivity contribution is 7.10. The van der Waals surface area contributed by atoms with Crippen molar-refractivity contribution in [1.82, 2.24) is 10.3 Å². The number of rotatable bonds is 5. The van der Waals surface area contributed by atoms with Crippen LogP contribution in [0.4, 0.5) is 8.78 Å². The zero-order valence-electron chi connectivity index (χ0n) is 14.2. The molecule has 0 aliphatic heterocycles. The fourth-order valence-electron chi connectivity index (χ4n) is 3.23. The summed E-state index contributed by atoms with van der Waals surface area (Å²) in [7, 11) is 0. The van der Waals surface area contributed by atoms with Gasteiger partial charge in [-0.1, -0.05) is 30.3 Å². The number of aromatic nitrogens is 1. The Morgan fingerprint density at radius 1 is 1.04 bits per heavy atom. The first-order chi connectivity index (χ1) is 13.1. The van der Waals surface area contributed by atoms with Crippen molar-refractivity contribution in [2.24, 2.45) is 0 Å². The Kier molecular flexibility index (Phi) is 4.73. The average Bonchev–Trinajstić information content (AvgIpc) is 3.32. The molecule has 0 saturated heterocycles. The Labute approximate surface area is 158 Å². The van der Waals surface area contributed by atoms with Crippen LogP contribution in [0.5, 0.6) is 0 Å². The number of fused-ring (bicyclic) bond motifs is 1. The van der Waals surface area contributed by atoms with E-state index >= 15 is 0 Å². The maximum absolute atomic E-state index is 13.9. The molecule has 0 radical (unpaired) electrons. The summed E-state index contributed by atoms with van der Waals surface area (Å²) in [5.74, 6) is -2.62. The fraction of sp³-hybridized carbons (Fsp3) is 0.0952. The van der Waals surface area contributed by atoms with Gasteiger partial charge in [0.05, 0.1) is 0 Å². The zero-order valence-corrected chi connectivity index (χ0v) is 15.0. The normalized spacial score (nSPS) is 12.2. The maximum atomic E-state index is 13.9. The molecular weight excluding hydrogens is 366 g/mol. The topological polar surface area (TPSA) is 44.9 Å². The lowest BCUT2D eigenvalue weighted by Crippen LogP contribution is -2.30. The summed E-state index contributed by atoms with van der Waals surface area (Å²) < 4.78 is 27.8. The van der Waals surface area contributed by atoms with E-state index in [1.807, 2.05) is 48.0 Å². The Bertz CT molecular complexity index is 1070. The minimum Gasteiger partial charge on any atom is -0.361 e. The predicted octanol–water partition coefficient (Wildman–Crippen LogP) is 5.07. The lowest BCUT2D eigenvalue weighted by molar-refractivity contribution is 0.0944. The molecule has 2 N–H and O–H groups in total. The van der Waals surface area contributed by atoms with Crippen LogP contribution in [0.2, 0.25) is 0 Å². The number of benzene rings is 2. The van der Waals surface area contributed by atoms with Crippen molar-refractivity contribution in [3.05, 3.63) is 93.8 Å². The molecule has 0 saturated carbocycles. The summed E-state index contributed by atoms with van der Waals surface area (Å²) in [6, 6.07) is 15.2. The number of nitrogens with one attached hydrogen (secondary N) is 2. The molecule has 0 unspecified atom stereocenters. The molecule has 0 bridgehead atoms. The van der Waals surface area contributed by atoms with E-state index in [9.17, 15) is 13.6 Å². The van der Waals surface area contributed by atoms with Gasteiger partial charge in [0.1, 0.15) is 17.2 Å². The number of carbonyl (C=O) groups excluding carboxylic acids is 1. The van der Waals surface area contributed by atoms with Gasteiger partial charge in [0.15, 0.2) is 0 Å².